The molecule has 5 nitrogen and oxygen atoms in total. The molecule has 1 aromatic carbocycles. The summed E-state index contributed by atoms with van der Waals surface area (Å²) in [4.78, 5) is 14.7. The van der Waals surface area contributed by atoms with Crippen molar-refractivity contribution in [3.8, 4) is 5.69 Å². The van der Waals surface area contributed by atoms with E-state index in [1.165, 1.54) is 12.1 Å². The lowest BCUT2D eigenvalue weighted by Gasteiger charge is -2.26. The van der Waals surface area contributed by atoms with Crippen molar-refractivity contribution in [2.75, 3.05) is 26.3 Å². The van der Waals surface area contributed by atoms with E-state index >= 15 is 0 Å². The summed E-state index contributed by atoms with van der Waals surface area (Å²) in [5.41, 5.74) is 3.50. The van der Waals surface area contributed by atoms with Crippen LogP contribution in [0.25, 0.3) is 5.69 Å². The van der Waals surface area contributed by atoms with Gasteiger partial charge in [0, 0.05) is 24.3 Å². The molecule has 0 bridgehead atoms. The number of carbonyl (C=O) groups excluding carboxylic acids is 1. The Morgan fingerprint density at radius 1 is 1.08 bits per heavy atom. The van der Waals surface area contributed by atoms with Gasteiger partial charge in [0.25, 0.3) is 5.91 Å². The van der Waals surface area contributed by atoms with Crippen molar-refractivity contribution in [2.45, 2.75) is 25.7 Å². The summed E-state index contributed by atoms with van der Waals surface area (Å²) in [6.45, 7) is 2.37. The summed E-state index contributed by atoms with van der Waals surface area (Å²) in [6.07, 6.45) is 3.94. The maximum absolute atomic E-state index is 13.2. The van der Waals surface area contributed by atoms with Gasteiger partial charge in [-0.3, -0.25) is 4.79 Å². The zero-order valence-corrected chi connectivity index (χ0v) is 13.5. The molecule has 0 radical (unpaired) electrons. The number of amides is 1. The molecular formula is C18H20FN3O2. The van der Waals surface area contributed by atoms with Gasteiger partial charge in [-0.1, -0.05) is 0 Å². The third-order valence-electron chi connectivity index (χ3n) is 4.75. The summed E-state index contributed by atoms with van der Waals surface area (Å²) in [5.74, 6) is -0.290. The van der Waals surface area contributed by atoms with E-state index in [1.807, 2.05) is 9.58 Å². The lowest BCUT2D eigenvalue weighted by atomic mass is 9.95. The fourth-order valence-electron chi connectivity index (χ4n) is 3.48. The monoisotopic (exact) mass is 329 g/mol. The quantitative estimate of drug-likeness (QED) is 0.850. The second-order valence-electron chi connectivity index (χ2n) is 6.27. The summed E-state index contributed by atoms with van der Waals surface area (Å²) < 4.78 is 20.4. The molecule has 1 fully saturated rings. The van der Waals surface area contributed by atoms with Gasteiger partial charge in [-0.25, -0.2) is 9.07 Å². The van der Waals surface area contributed by atoms with Crippen LogP contribution in [0.3, 0.4) is 0 Å². The van der Waals surface area contributed by atoms with Crippen LogP contribution in [0.5, 0.6) is 0 Å². The maximum Gasteiger partial charge on any atom is 0.274 e. The van der Waals surface area contributed by atoms with Crippen LogP contribution in [0.4, 0.5) is 4.39 Å². The number of halogens is 1. The number of ether oxygens (including phenoxy) is 1. The smallest absolute Gasteiger partial charge is 0.274 e. The Morgan fingerprint density at radius 3 is 2.54 bits per heavy atom. The first kappa shape index (κ1) is 15.3. The highest BCUT2D eigenvalue weighted by molar-refractivity contribution is 5.94. The first-order valence-corrected chi connectivity index (χ1v) is 8.48. The zero-order chi connectivity index (χ0) is 16.5. The first-order chi connectivity index (χ1) is 11.7. The Balaban J connectivity index is 1.74. The number of nitrogens with zero attached hydrogens (tertiary/aromatic N) is 3. The summed E-state index contributed by atoms with van der Waals surface area (Å²) >= 11 is 0. The third kappa shape index (κ3) is 2.71. The minimum absolute atomic E-state index is 0.0164. The molecule has 2 aliphatic rings. The topological polar surface area (TPSA) is 47.4 Å². The van der Waals surface area contributed by atoms with Gasteiger partial charge in [-0.2, -0.15) is 5.10 Å². The van der Waals surface area contributed by atoms with Crippen LogP contribution in [-0.4, -0.2) is 46.9 Å². The number of rotatable bonds is 2. The minimum atomic E-state index is -0.274. The van der Waals surface area contributed by atoms with E-state index in [2.05, 4.69) is 5.10 Å². The predicted octanol–water partition coefficient (Wildman–Crippen LogP) is 2.36. The second kappa shape index (κ2) is 6.36. The molecule has 0 N–H and O–H groups in total. The van der Waals surface area contributed by atoms with Gasteiger partial charge < -0.3 is 9.64 Å². The number of benzene rings is 1. The number of morpholine rings is 1. The van der Waals surface area contributed by atoms with E-state index in [-0.39, 0.29) is 11.7 Å². The predicted molar refractivity (Wildman–Crippen MR) is 86.9 cm³/mol. The molecule has 4 rings (SSSR count). The van der Waals surface area contributed by atoms with Crippen molar-refractivity contribution in [1.82, 2.24) is 14.7 Å². The largest absolute Gasteiger partial charge is 0.378 e. The van der Waals surface area contributed by atoms with Crippen LogP contribution in [0.15, 0.2) is 24.3 Å². The third-order valence-corrected chi connectivity index (χ3v) is 4.75. The number of carbonyl (C=O) groups is 1. The lowest BCUT2D eigenvalue weighted by molar-refractivity contribution is 0.0298. The molecule has 0 spiro atoms. The van der Waals surface area contributed by atoms with Crippen LogP contribution >= 0.6 is 0 Å². The van der Waals surface area contributed by atoms with E-state index < -0.39 is 0 Å². The van der Waals surface area contributed by atoms with Gasteiger partial charge in [0.05, 0.1) is 18.9 Å². The average Bonchev–Trinajstić information content (AvgIpc) is 3.02. The SMILES string of the molecule is O=C(c1nn(-c2ccc(F)cc2)c2c1CCCC2)N1CCOCC1. The number of aromatic nitrogens is 2. The zero-order valence-electron chi connectivity index (χ0n) is 13.5. The molecule has 1 aromatic heterocycles. The summed E-state index contributed by atoms with van der Waals surface area (Å²) in [5, 5.41) is 4.63. The Bertz CT molecular complexity index is 748. The van der Waals surface area contributed by atoms with Crippen LogP contribution in [0.2, 0.25) is 0 Å². The molecule has 1 aliphatic carbocycles. The summed E-state index contributed by atoms with van der Waals surface area (Å²) in [6, 6.07) is 6.27. The summed E-state index contributed by atoms with van der Waals surface area (Å²) in [7, 11) is 0. The second-order valence-corrected chi connectivity index (χ2v) is 6.27. The Hall–Kier alpha value is -2.21. The number of hydrogen-bond acceptors (Lipinski definition) is 3. The van der Waals surface area contributed by atoms with E-state index in [0.29, 0.717) is 32.0 Å². The highest BCUT2D eigenvalue weighted by atomic mass is 19.1. The van der Waals surface area contributed by atoms with Gasteiger partial charge in [0.2, 0.25) is 0 Å². The first-order valence-electron chi connectivity index (χ1n) is 8.48. The van der Waals surface area contributed by atoms with Crippen molar-refractivity contribution in [3.63, 3.8) is 0 Å². The maximum atomic E-state index is 13.2. The Morgan fingerprint density at radius 2 is 1.79 bits per heavy atom. The van der Waals surface area contributed by atoms with Crippen LogP contribution < -0.4 is 0 Å². The molecule has 0 saturated carbocycles. The van der Waals surface area contributed by atoms with Crippen molar-refractivity contribution >= 4 is 5.91 Å². The van der Waals surface area contributed by atoms with Crippen LogP contribution in [0, 0.1) is 5.82 Å². The normalized spacial score (nSPS) is 17.6. The molecule has 1 aliphatic heterocycles. The van der Waals surface area contributed by atoms with E-state index in [4.69, 9.17) is 4.74 Å². The minimum Gasteiger partial charge on any atom is -0.378 e. The number of fused-ring (bicyclic) bond motifs is 1. The van der Waals surface area contributed by atoms with Crippen molar-refractivity contribution in [3.05, 3.63) is 47.0 Å². The van der Waals surface area contributed by atoms with Gasteiger partial charge in [0.15, 0.2) is 5.69 Å². The van der Waals surface area contributed by atoms with Crippen molar-refractivity contribution in [2.24, 2.45) is 0 Å². The van der Waals surface area contributed by atoms with Crippen molar-refractivity contribution in [1.29, 1.82) is 0 Å². The van der Waals surface area contributed by atoms with Gasteiger partial charge in [-0.15, -0.1) is 0 Å². The molecule has 0 atom stereocenters. The molecule has 24 heavy (non-hydrogen) atoms. The molecule has 2 aromatic rings. The fraction of sp³-hybridized carbons (Fsp3) is 0.444. The molecule has 1 saturated heterocycles. The molecular weight excluding hydrogens is 309 g/mol. The van der Waals surface area contributed by atoms with Crippen LogP contribution in [-0.2, 0) is 17.6 Å². The Labute approximate surface area is 140 Å². The lowest BCUT2D eigenvalue weighted by Crippen LogP contribution is -2.41. The highest BCUT2D eigenvalue weighted by Crippen LogP contribution is 2.28. The van der Waals surface area contributed by atoms with Gasteiger partial charge >= 0.3 is 0 Å². The fourth-order valence-corrected chi connectivity index (χ4v) is 3.48. The molecule has 6 heteroatoms. The van der Waals surface area contributed by atoms with E-state index in [1.54, 1.807) is 12.1 Å². The molecule has 1 amide bonds. The molecule has 0 unspecified atom stereocenters. The molecule has 126 valence electrons. The molecule has 2 heterocycles. The van der Waals surface area contributed by atoms with Gasteiger partial charge in [-0.05, 0) is 49.9 Å². The van der Waals surface area contributed by atoms with E-state index in [9.17, 15) is 9.18 Å². The standard InChI is InChI=1S/C18H20FN3O2/c19-13-5-7-14(8-6-13)22-16-4-2-1-3-15(16)17(20-22)18(23)21-9-11-24-12-10-21/h5-8H,1-4,9-12H2. The van der Waals surface area contributed by atoms with Gasteiger partial charge in [0.1, 0.15) is 5.82 Å². The van der Waals surface area contributed by atoms with Crippen LogP contribution in [0.1, 0.15) is 34.6 Å². The average molecular weight is 329 g/mol. The van der Waals surface area contributed by atoms with Crippen molar-refractivity contribution < 1.29 is 13.9 Å². The Kier molecular flexibility index (Phi) is 4.06. The highest BCUT2D eigenvalue weighted by Gasteiger charge is 2.29. The number of hydrogen-bond donors (Lipinski definition) is 0. The van der Waals surface area contributed by atoms with E-state index in [0.717, 1.165) is 42.6 Å².